The zero-order valence-electron chi connectivity index (χ0n) is 20.9. The number of esters is 1. The largest absolute Gasteiger partial charge is 0.497 e. The zero-order valence-corrected chi connectivity index (χ0v) is 20.9. The van der Waals surface area contributed by atoms with Crippen LogP contribution in [0.5, 0.6) is 23.0 Å². The Kier molecular flexibility index (Phi) is 7.24. The second-order valence-corrected chi connectivity index (χ2v) is 8.35. The van der Waals surface area contributed by atoms with Crippen molar-refractivity contribution < 1.29 is 28.5 Å². The van der Waals surface area contributed by atoms with Crippen molar-refractivity contribution in [1.82, 2.24) is 5.01 Å². The fraction of sp³-hybridized carbons (Fsp3) is 0.250. The summed E-state index contributed by atoms with van der Waals surface area (Å²) in [5, 5.41) is 6.21. The Morgan fingerprint density at radius 1 is 0.861 bits per heavy atom. The minimum absolute atomic E-state index is 0.243. The summed E-state index contributed by atoms with van der Waals surface area (Å²) in [5.41, 5.74) is 3.61. The highest BCUT2D eigenvalue weighted by Gasteiger charge is 2.35. The van der Waals surface area contributed by atoms with Crippen LogP contribution in [0.1, 0.15) is 46.4 Å². The van der Waals surface area contributed by atoms with Crippen molar-refractivity contribution in [2.45, 2.75) is 26.3 Å². The van der Waals surface area contributed by atoms with Crippen LogP contribution in [0, 0.1) is 6.92 Å². The molecule has 4 rings (SSSR count). The molecule has 0 spiro atoms. The Bertz CT molecular complexity index is 1320. The minimum atomic E-state index is -0.466. The van der Waals surface area contributed by atoms with Gasteiger partial charge in [-0.15, -0.1) is 0 Å². The highest BCUT2D eigenvalue weighted by Crippen LogP contribution is 2.39. The normalized spacial score (nSPS) is 14.8. The van der Waals surface area contributed by atoms with E-state index in [9.17, 15) is 9.59 Å². The molecule has 1 amide bonds. The van der Waals surface area contributed by atoms with Crippen LogP contribution >= 0.6 is 0 Å². The van der Waals surface area contributed by atoms with Gasteiger partial charge in [-0.2, -0.15) is 5.10 Å². The van der Waals surface area contributed by atoms with E-state index in [1.807, 2.05) is 31.2 Å². The van der Waals surface area contributed by atoms with Crippen LogP contribution in [-0.4, -0.2) is 43.9 Å². The number of rotatable bonds is 7. The fourth-order valence-electron chi connectivity index (χ4n) is 4.12. The highest BCUT2D eigenvalue weighted by atomic mass is 16.5. The molecule has 0 aliphatic carbocycles. The molecule has 0 N–H and O–H groups in total. The van der Waals surface area contributed by atoms with Gasteiger partial charge in [0, 0.05) is 30.5 Å². The van der Waals surface area contributed by atoms with Crippen LogP contribution in [-0.2, 0) is 4.79 Å². The van der Waals surface area contributed by atoms with Crippen LogP contribution in [0.2, 0.25) is 0 Å². The molecule has 0 aromatic heterocycles. The first-order chi connectivity index (χ1) is 17.3. The van der Waals surface area contributed by atoms with Gasteiger partial charge in [-0.3, -0.25) is 9.59 Å². The Labute approximate surface area is 210 Å². The number of hydrazone groups is 1. The Hall–Kier alpha value is -4.33. The lowest BCUT2D eigenvalue weighted by Gasteiger charge is -2.23. The SMILES string of the molecule is COc1ccc(C2=NN(C(=O)c3ccc(C)cc3)[C@H](c3ccc(OC)c(OC)c3)C2)c(OC(C)=O)c1. The minimum Gasteiger partial charge on any atom is -0.497 e. The number of methoxy groups -OCH3 is 3. The van der Waals surface area contributed by atoms with Crippen molar-refractivity contribution in [3.8, 4) is 23.0 Å². The molecule has 0 bridgehead atoms. The van der Waals surface area contributed by atoms with E-state index in [1.165, 1.54) is 19.0 Å². The molecule has 0 saturated heterocycles. The molecule has 0 fully saturated rings. The monoisotopic (exact) mass is 488 g/mol. The maximum atomic E-state index is 13.6. The van der Waals surface area contributed by atoms with Gasteiger partial charge in [0.15, 0.2) is 11.5 Å². The maximum absolute atomic E-state index is 13.6. The van der Waals surface area contributed by atoms with Crippen LogP contribution in [0.15, 0.2) is 65.8 Å². The van der Waals surface area contributed by atoms with Crippen molar-refractivity contribution in [2.75, 3.05) is 21.3 Å². The fourth-order valence-corrected chi connectivity index (χ4v) is 4.12. The van der Waals surface area contributed by atoms with Crippen molar-refractivity contribution in [3.05, 3.63) is 82.9 Å². The van der Waals surface area contributed by atoms with Crippen LogP contribution in [0.4, 0.5) is 0 Å². The molecule has 3 aromatic carbocycles. The van der Waals surface area contributed by atoms with Gasteiger partial charge < -0.3 is 18.9 Å². The summed E-state index contributed by atoms with van der Waals surface area (Å²) in [6.07, 6.45) is 0.397. The van der Waals surface area contributed by atoms with Crippen molar-refractivity contribution in [1.29, 1.82) is 0 Å². The summed E-state index contributed by atoms with van der Waals surface area (Å²) >= 11 is 0. The number of aryl methyl sites for hydroxylation is 1. The average Bonchev–Trinajstić information content (AvgIpc) is 3.33. The van der Waals surface area contributed by atoms with Gasteiger partial charge in [0.25, 0.3) is 5.91 Å². The molecule has 186 valence electrons. The third-order valence-electron chi connectivity index (χ3n) is 5.96. The molecule has 3 aromatic rings. The predicted molar refractivity (Wildman–Crippen MR) is 135 cm³/mol. The molecule has 0 unspecified atom stereocenters. The van der Waals surface area contributed by atoms with Crippen molar-refractivity contribution in [3.63, 3.8) is 0 Å². The number of hydrogen-bond donors (Lipinski definition) is 0. The molecule has 1 atom stereocenters. The number of benzene rings is 3. The third kappa shape index (κ3) is 5.02. The second-order valence-electron chi connectivity index (χ2n) is 8.35. The zero-order chi connectivity index (χ0) is 25.8. The van der Waals surface area contributed by atoms with Gasteiger partial charge >= 0.3 is 5.97 Å². The van der Waals surface area contributed by atoms with Crippen molar-refractivity contribution in [2.24, 2.45) is 5.10 Å². The number of carbonyl (C=O) groups excluding carboxylic acids is 2. The van der Waals surface area contributed by atoms with Gasteiger partial charge in [-0.1, -0.05) is 23.8 Å². The topological polar surface area (TPSA) is 86.7 Å². The lowest BCUT2D eigenvalue weighted by Crippen LogP contribution is -2.27. The molecule has 1 aliphatic rings. The quantitative estimate of drug-likeness (QED) is 0.346. The molecule has 36 heavy (non-hydrogen) atoms. The molecule has 1 heterocycles. The van der Waals surface area contributed by atoms with Gasteiger partial charge in [-0.05, 0) is 48.9 Å². The maximum Gasteiger partial charge on any atom is 0.308 e. The smallest absolute Gasteiger partial charge is 0.308 e. The lowest BCUT2D eigenvalue weighted by molar-refractivity contribution is -0.131. The lowest BCUT2D eigenvalue weighted by atomic mass is 9.97. The standard InChI is InChI=1S/C28H28N2O6/c1-17-6-8-19(9-7-17)28(32)30-24(20-10-13-25(34-4)27(14-20)35-5)16-23(29-30)22-12-11-21(33-3)15-26(22)36-18(2)31/h6-15,24H,16H2,1-5H3/t24-/m0/s1. The summed E-state index contributed by atoms with van der Waals surface area (Å²) in [6.45, 7) is 3.30. The number of nitrogens with zero attached hydrogens (tertiary/aromatic N) is 2. The molecule has 1 aliphatic heterocycles. The predicted octanol–water partition coefficient (Wildman–Crippen LogP) is 4.94. The summed E-state index contributed by atoms with van der Waals surface area (Å²) in [7, 11) is 4.67. The average molecular weight is 489 g/mol. The van der Waals surface area contributed by atoms with E-state index < -0.39 is 12.0 Å². The molecule has 8 heteroatoms. The first-order valence-corrected chi connectivity index (χ1v) is 11.4. The van der Waals surface area contributed by atoms with E-state index >= 15 is 0 Å². The first kappa shape index (κ1) is 24.8. The number of ether oxygens (including phenoxy) is 4. The molecule has 0 radical (unpaired) electrons. The van der Waals surface area contributed by atoms with Gasteiger partial charge in [0.1, 0.15) is 11.5 Å². The highest BCUT2D eigenvalue weighted by molar-refractivity contribution is 6.07. The van der Waals surface area contributed by atoms with E-state index in [2.05, 4.69) is 0 Å². The first-order valence-electron chi connectivity index (χ1n) is 11.4. The Balaban J connectivity index is 1.80. The van der Waals surface area contributed by atoms with E-state index in [0.717, 1.165) is 11.1 Å². The summed E-state index contributed by atoms with van der Waals surface area (Å²) in [5.74, 6) is 1.29. The molecule has 8 nitrogen and oxygen atoms in total. The Morgan fingerprint density at radius 2 is 1.58 bits per heavy atom. The number of amides is 1. The molecular weight excluding hydrogens is 460 g/mol. The van der Waals surface area contributed by atoms with Crippen LogP contribution in [0.25, 0.3) is 0 Å². The Morgan fingerprint density at radius 3 is 2.22 bits per heavy atom. The van der Waals surface area contributed by atoms with Gasteiger partial charge in [0.2, 0.25) is 0 Å². The van der Waals surface area contributed by atoms with E-state index in [4.69, 9.17) is 24.0 Å². The van der Waals surface area contributed by atoms with Gasteiger partial charge in [0.05, 0.1) is 33.1 Å². The van der Waals surface area contributed by atoms with Crippen LogP contribution in [0.3, 0.4) is 0 Å². The van der Waals surface area contributed by atoms with E-state index in [1.54, 1.807) is 50.6 Å². The third-order valence-corrected chi connectivity index (χ3v) is 5.96. The van der Waals surface area contributed by atoms with E-state index in [-0.39, 0.29) is 5.91 Å². The van der Waals surface area contributed by atoms with Crippen LogP contribution < -0.4 is 18.9 Å². The summed E-state index contributed by atoms with van der Waals surface area (Å²) < 4.78 is 21.6. The van der Waals surface area contributed by atoms with Gasteiger partial charge in [-0.25, -0.2) is 5.01 Å². The molecular formula is C28H28N2O6. The van der Waals surface area contributed by atoms with Crippen molar-refractivity contribution >= 4 is 17.6 Å². The molecule has 0 saturated carbocycles. The van der Waals surface area contributed by atoms with E-state index in [0.29, 0.717) is 46.3 Å². The summed E-state index contributed by atoms with van der Waals surface area (Å²) in [6, 6.07) is 17.7. The number of carbonyl (C=O) groups is 2. The number of hydrogen-bond acceptors (Lipinski definition) is 7. The summed E-state index contributed by atoms with van der Waals surface area (Å²) in [4.78, 5) is 25.4. The second kappa shape index (κ2) is 10.5.